The van der Waals surface area contributed by atoms with Gasteiger partial charge in [0.25, 0.3) is 5.91 Å². The Bertz CT molecular complexity index is 452. The van der Waals surface area contributed by atoms with E-state index in [2.05, 4.69) is 0 Å². The highest BCUT2D eigenvalue weighted by Gasteiger charge is 2.36. The Kier molecular flexibility index (Phi) is 3.90. The molecule has 1 aromatic rings. The molecule has 0 spiro atoms. The fourth-order valence-corrected chi connectivity index (χ4v) is 2.30. The Morgan fingerprint density at radius 1 is 1.50 bits per heavy atom. The fourth-order valence-electron chi connectivity index (χ4n) is 2.06. The predicted molar refractivity (Wildman–Crippen MR) is 69.9 cm³/mol. The molecule has 0 aromatic heterocycles. The summed E-state index contributed by atoms with van der Waals surface area (Å²) in [7, 11) is 0. The van der Waals surface area contributed by atoms with Gasteiger partial charge in [-0.25, -0.2) is 0 Å². The quantitative estimate of drug-likeness (QED) is 0.911. The maximum atomic E-state index is 11.9. The number of hydrogen-bond acceptors (Lipinski definition) is 3. The lowest BCUT2D eigenvalue weighted by molar-refractivity contribution is -0.138. The van der Waals surface area contributed by atoms with Crippen molar-refractivity contribution < 1.29 is 14.6 Å². The van der Waals surface area contributed by atoms with E-state index in [1.54, 1.807) is 11.0 Å². The third-order valence-electron chi connectivity index (χ3n) is 3.12. The lowest BCUT2D eigenvalue weighted by atomic mass is 9.99. The number of para-hydroxylation sites is 1. The number of halogens is 1. The summed E-state index contributed by atoms with van der Waals surface area (Å²) in [6, 6.07) is 7.23. The maximum Gasteiger partial charge on any atom is 0.253 e. The molecule has 1 N–H and O–H groups in total. The first-order valence-corrected chi connectivity index (χ1v) is 6.23. The van der Waals surface area contributed by atoms with Crippen LogP contribution < -0.4 is 4.90 Å². The van der Waals surface area contributed by atoms with E-state index in [1.807, 2.05) is 25.1 Å². The van der Waals surface area contributed by atoms with Crippen LogP contribution in [0.25, 0.3) is 0 Å². The minimum absolute atomic E-state index is 0.0156. The van der Waals surface area contributed by atoms with Crippen molar-refractivity contribution >= 4 is 23.2 Å². The Balaban J connectivity index is 2.26. The van der Waals surface area contributed by atoms with Gasteiger partial charge in [0, 0.05) is 13.0 Å². The van der Waals surface area contributed by atoms with Crippen molar-refractivity contribution in [2.75, 3.05) is 24.7 Å². The van der Waals surface area contributed by atoms with Crippen LogP contribution in [0.2, 0.25) is 5.02 Å². The molecular formula is C13H16ClNO3. The van der Waals surface area contributed by atoms with Gasteiger partial charge in [-0.1, -0.05) is 23.7 Å². The lowest BCUT2D eigenvalue weighted by Crippen LogP contribution is -2.53. The van der Waals surface area contributed by atoms with Crippen LogP contribution in [0.1, 0.15) is 13.3 Å². The van der Waals surface area contributed by atoms with Crippen LogP contribution in [0.4, 0.5) is 5.69 Å². The second-order valence-electron chi connectivity index (χ2n) is 4.64. The molecule has 1 amide bonds. The summed E-state index contributed by atoms with van der Waals surface area (Å²) < 4.78 is 5.52. The number of ether oxygens (including phenoxy) is 1. The van der Waals surface area contributed by atoms with Gasteiger partial charge in [0.1, 0.15) is 6.61 Å². The van der Waals surface area contributed by atoms with Gasteiger partial charge in [-0.3, -0.25) is 4.79 Å². The van der Waals surface area contributed by atoms with Crippen molar-refractivity contribution in [1.82, 2.24) is 0 Å². The van der Waals surface area contributed by atoms with Crippen LogP contribution >= 0.6 is 11.6 Å². The fraction of sp³-hybridized carbons (Fsp3) is 0.462. The van der Waals surface area contributed by atoms with Gasteiger partial charge in [0.05, 0.1) is 22.9 Å². The molecule has 0 bridgehead atoms. The number of benzene rings is 1. The van der Waals surface area contributed by atoms with Gasteiger partial charge in [-0.05, 0) is 19.1 Å². The second kappa shape index (κ2) is 5.26. The second-order valence-corrected chi connectivity index (χ2v) is 5.05. The van der Waals surface area contributed by atoms with Gasteiger partial charge in [0.15, 0.2) is 0 Å². The highest BCUT2D eigenvalue weighted by atomic mass is 35.5. The van der Waals surface area contributed by atoms with Crippen molar-refractivity contribution in [3.05, 3.63) is 29.3 Å². The average molecular weight is 270 g/mol. The van der Waals surface area contributed by atoms with Crippen LogP contribution in [0.15, 0.2) is 24.3 Å². The summed E-state index contributed by atoms with van der Waals surface area (Å²) in [5.41, 5.74) is 0.165. The Hall–Kier alpha value is -1.10. The van der Waals surface area contributed by atoms with Gasteiger partial charge in [-0.2, -0.15) is 0 Å². The summed E-state index contributed by atoms with van der Waals surface area (Å²) in [5, 5.41) is 9.59. The van der Waals surface area contributed by atoms with Gasteiger partial charge < -0.3 is 14.7 Å². The normalized spacial score (nSPS) is 24.4. The van der Waals surface area contributed by atoms with Crippen LogP contribution in [-0.4, -0.2) is 36.4 Å². The number of carbonyl (C=O) groups excluding carboxylic acids is 1. The van der Waals surface area contributed by atoms with Gasteiger partial charge in [-0.15, -0.1) is 0 Å². The molecule has 4 nitrogen and oxygen atoms in total. The van der Waals surface area contributed by atoms with Crippen LogP contribution in [0.3, 0.4) is 0 Å². The van der Waals surface area contributed by atoms with Crippen molar-refractivity contribution in [2.24, 2.45) is 0 Å². The number of hydrogen-bond donors (Lipinski definition) is 1. The van der Waals surface area contributed by atoms with E-state index in [4.69, 9.17) is 21.4 Å². The molecule has 1 saturated heterocycles. The molecule has 0 saturated carbocycles. The third-order valence-corrected chi connectivity index (χ3v) is 3.44. The van der Waals surface area contributed by atoms with E-state index in [9.17, 15) is 4.79 Å². The smallest absolute Gasteiger partial charge is 0.253 e. The first-order valence-electron chi connectivity index (χ1n) is 5.85. The van der Waals surface area contributed by atoms with Crippen molar-refractivity contribution in [2.45, 2.75) is 18.9 Å². The molecule has 1 atom stereocenters. The molecule has 18 heavy (non-hydrogen) atoms. The minimum Gasteiger partial charge on any atom is -0.396 e. The number of amides is 1. The van der Waals surface area contributed by atoms with Crippen LogP contribution in [0.5, 0.6) is 0 Å². The number of rotatable bonds is 3. The molecule has 5 heteroatoms. The largest absolute Gasteiger partial charge is 0.396 e. The summed E-state index contributed by atoms with van der Waals surface area (Å²) >= 11 is 6.11. The molecule has 0 aliphatic carbocycles. The maximum absolute atomic E-state index is 11.9. The van der Waals surface area contributed by atoms with E-state index in [0.717, 1.165) is 0 Å². The number of anilines is 1. The molecule has 1 heterocycles. The van der Waals surface area contributed by atoms with E-state index >= 15 is 0 Å². The van der Waals surface area contributed by atoms with E-state index in [0.29, 0.717) is 23.7 Å². The zero-order chi connectivity index (χ0) is 13.2. The van der Waals surface area contributed by atoms with E-state index in [1.165, 1.54) is 0 Å². The average Bonchev–Trinajstić information content (AvgIpc) is 2.34. The summed E-state index contributed by atoms with van der Waals surface area (Å²) in [6.45, 7) is 2.33. The molecule has 1 fully saturated rings. The first-order chi connectivity index (χ1) is 8.56. The Morgan fingerprint density at radius 2 is 2.22 bits per heavy atom. The van der Waals surface area contributed by atoms with Gasteiger partial charge >= 0.3 is 0 Å². The molecule has 98 valence electrons. The standard InChI is InChI=1S/C13H16ClNO3/c1-13(6-7-16)9-15(12(17)8-18-13)11-5-3-2-4-10(11)14/h2-5,16H,6-9H2,1H3. The van der Waals surface area contributed by atoms with E-state index < -0.39 is 5.60 Å². The molecule has 1 aliphatic heterocycles. The van der Waals surface area contributed by atoms with Crippen LogP contribution in [0, 0.1) is 0 Å². The molecule has 2 rings (SSSR count). The monoisotopic (exact) mass is 269 g/mol. The number of nitrogens with zero attached hydrogens (tertiary/aromatic N) is 1. The zero-order valence-electron chi connectivity index (χ0n) is 10.2. The first kappa shape index (κ1) is 13.3. The van der Waals surface area contributed by atoms with E-state index in [-0.39, 0.29) is 19.1 Å². The van der Waals surface area contributed by atoms with Crippen LogP contribution in [-0.2, 0) is 9.53 Å². The van der Waals surface area contributed by atoms with Gasteiger partial charge in [0.2, 0.25) is 0 Å². The number of morpholine rings is 1. The Labute approximate surface area is 111 Å². The summed E-state index contributed by atoms with van der Waals surface area (Å²) in [4.78, 5) is 13.5. The summed E-state index contributed by atoms with van der Waals surface area (Å²) in [6.07, 6.45) is 0.487. The molecular weight excluding hydrogens is 254 g/mol. The highest BCUT2D eigenvalue weighted by molar-refractivity contribution is 6.33. The lowest BCUT2D eigenvalue weighted by Gasteiger charge is -2.40. The number of aliphatic hydroxyl groups excluding tert-OH is 1. The third kappa shape index (κ3) is 2.66. The number of carbonyl (C=O) groups is 1. The molecule has 1 unspecified atom stereocenters. The molecule has 0 radical (unpaired) electrons. The van der Waals surface area contributed by atoms with Crippen molar-refractivity contribution in [1.29, 1.82) is 0 Å². The zero-order valence-corrected chi connectivity index (χ0v) is 11.0. The topological polar surface area (TPSA) is 49.8 Å². The summed E-state index contributed by atoms with van der Waals surface area (Å²) in [5.74, 6) is -0.112. The predicted octanol–water partition coefficient (Wildman–Crippen LogP) is 1.84. The van der Waals surface area contributed by atoms with Crippen molar-refractivity contribution in [3.8, 4) is 0 Å². The molecule has 1 aromatic carbocycles. The SMILES string of the molecule is CC1(CCO)CN(c2ccccc2Cl)C(=O)CO1. The highest BCUT2D eigenvalue weighted by Crippen LogP contribution is 2.31. The Morgan fingerprint density at radius 3 is 2.89 bits per heavy atom. The molecule has 1 aliphatic rings. The minimum atomic E-state index is -0.526. The van der Waals surface area contributed by atoms with Crippen molar-refractivity contribution in [3.63, 3.8) is 0 Å². The number of aliphatic hydroxyl groups is 1.